The lowest BCUT2D eigenvalue weighted by atomic mass is 10.2. The normalized spacial score (nSPS) is 26.3. The Morgan fingerprint density at radius 2 is 1.08 bits per heavy atom. The smallest absolute Gasteiger partial charge is 0.0262 e. The van der Waals surface area contributed by atoms with Crippen molar-refractivity contribution in [1.82, 2.24) is 0 Å². The van der Waals surface area contributed by atoms with Crippen LogP contribution in [0, 0.1) is 0 Å². The first-order valence-electron chi connectivity index (χ1n) is 5.05. The summed E-state index contributed by atoms with van der Waals surface area (Å²) in [6.45, 7) is 4.73. The molecule has 13 heavy (non-hydrogen) atoms. The molecule has 1 saturated heterocycles. The average molecular weight is 194 g/mol. The summed E-state index contributed by atoms with van der Waals surface area (Å²) < 4.78 is 0. The maximum atomic E-state index is 2.36. The molecule has 0 saturated carbocycles. The largest absolute Gasteiger partial charge is 0.116 e. The molecule has 1 heterocycles. The Morgan fingerprint density at radius 1 is 0.769 bits per heavy atom. The van der Waals surface area contributed by atoms with E-state index in [9.17, 15) is 0 Å². The molecule has 2 rings (SSSR count). The Kier molecular flexibility index (Phi) is 5.08. The Balaban J connectivity index is 0.000000132. The summed E-state index contributed by atoms with van der Waals surface area (Å²) in [5.41, 5.74) is 2.10. The van der Waals surface area contributed by atoms with E-state index >= 15 is 0 Å². The summed E-state index contributed by atoms with van der Waals surface area (Å²) in [7, 11) is 1.26. The van der Waals surface area contributed by atoms with Gasteiger partial charge in [0.2, 0.25) is 0 Å². The Bertz CT molecular complexity index is 173. The highest BCUT2D eigenvalue weighted by molar-refractivity contribution is 7.40. The molecule has 0 bridgehead atoms. The monoisotopic (exact) mass is 194 g/mol. The molecule has 0 aliphatic carbocycles. The summed E-state index contributed by atoms with van der Waals surface area (Å²) in [5.74, 6) is 0. The Labute approximate surface area is 83.5 Å². The molecule has 0 radical (unpaired) electrons. The first-order chi connectivity index (χ1) is 6.29. The molecule has 0 spiro atoms. The van der Waals surface area contributed by atoms with Crippen LogP contribution in [0.25, 0.3) is 0 Å². The van der Waals surface area contributed by atoms with Crippen LogP contribution in [0.3, 0.4) is 0 Å². The molecule has 2 atom stereocenters. The van der Waals surface area contributed by atoms with Crippen LogP contribution in [0.4, 0.5) is 0 Å². The van der Waals surface area contributed by atoms with Gasteiger partial charge in [0.25, 0.3) is 0 Å². The molecule has 1 aliphatic rings. The Morgan fingerprint density at radius 3 is 1.23 bits per heavy atom. The lowest BCUT2D eigenvalue weighted by Gasteiger charge is -1.97. The fourth-order valence-corrected chi connectivity index (χ4v) is 3.18. The van der Waals surface area contributed by atoms with Crippen LogP contribution in [0.15, 0.2) is 36.4 Å². The summed E-state index contributed by atoms with van der Waals surface area (Å²) in [6, 6.07) is 12.0. The van der Waals surface area contributed by atoms with Crippen molar-refractivity contribution in [1.29, 1.82) is 0 Å². The molecule has 72 valence electrons. The fourth-order valence-electron chi connectivity index (χ4n) is 1.54. The molecular formula is C12H19P. The minimum absolute atomic E-state index is 1.05. The lowest BCUT2D eigenvalue weighted by molar-refractivity contribution is 0.777. The zero-order chi connectivity index (χ0) is 9.52. The highest BCUT2D eigenvalue weighted by Gasteiger charge is 2.15. The van der Waals surface area contributed by atoms with Crippen LogP contribution in [0.5, 0.6) is 0 Å². The predicted octanol–water partition coefficient (Wildman–Crippen LogP) is 3.92. The Hall–Kier alpha value is -0.350. The molecule has 1 aromatic rings. The van der Waals surface area contributed by atoms with Crippen molar-refractivity contribution in [3.8, 4) is 0 Å². The molecule has 0 unspecified atom stereocenters. The van der Waals surface area contributed by atoms with Gasteiger partial charge >= 0.3 is 0 Å². The van der Waals surface area contributed by atoms with Gasteiger partial charge in [-0.25, -0.2) is 0 Å². The minimum atomic E-state index is 1.05. The van der Waals surface area contributed by atoms with Crippen molar-refractivity contribution in [2.45, 2.75) is 38.0 Å². The third-order valence-electron chi connectivity index (χ3n) is 2.27. The van der Waals surface area contributed by atoms with Gasteiger partial charge in [-0.1, -0.05) is 50.2 Å². The van der Waals surface area contributed by atoms with Gasteiger partial charge in [0, 0.05) is 0 Å². The topological polar surface area (TPSA) is 0 Å². The second-order valence-corrected chi connectivity index (χ2v) is 6.01. The van der Waals surface area contributed by atoms with Crippen LogP contribution in [-0.2, 0) is 0 Å². The van der Waals surface area contributed by atoms with Gasteiger partial charge in [-0.05, 0) is 24.2 Å². The minimum Gasteiger partial charge on any atom is -0.116 e. The van der Waals surface area contributed by atoms with E-state index in [1.54, 1.807) is 0 Å². The molecule has 0 N–H and O–H groups in total. The second kappa shape index (κ2) is 6.16. The molecule has 1 heteroatoms. The first kappa shape index (κ1) is 10.7. The zero-order valence-electron chi connectivity index (χ0n) is 8.53. The molecule has 1 fully saturated rings. The maximum absolute atomic E-state index is 2.36. The molecule has 0 aromatic heterocycles. The van der Waals surface area contributed by atoms with E-state index in [0.29, 0.717) is 0 Å². The van der Waals surface area contributed by atoms with E-state index in [2.05, 4.69) is 13.8 Å². The molecule has 1 aliphatic heterocycles. The van der Waals surface area contributed by atoms with Crippen molar-refractivity contribution in [2.75, 3.05) is 0 Å². The maximum Gasteiger partial charge on any atom is -0.0262 e. The summed E-state index contributed by atoms with van der Waals surface area (Å²) in [6.07, 6.45) is 2.97. The van der Waals surface area contributed by atoms with Crippen LogP contribution < -0.4 is 0 Å². The van der Waals surface area contributed by atoms with E-state index < -0.39 is 0 Å². The van der Waals surface area contributed by atoms with Gasteiger partial charge in [0.1, 0.15) is 0 Å². The third kappa shape index (κ3) is 5.05. The summed E-state index contributed by atoms with van der Waals surface area (Å²) in [5, 5.41) is 0. The fraction of sp³-hybridized carbons (Fsp3) is 0.500. The molecule has 1 aromatic carbocycles. The van der Waals surface area contributed by atoms with Crippen LogP contribution in [0.2, 0.25) is 0 Å². The molecule has 0 amide bonds. The van der Waals surface area contributed by atoms with Crippen molar-refractivity contribution >= 4 is 8.58 Å². The van der Waals surface area contributed by atoms with Crippen molar-refractivity contribution in [2.24, 2.45) is 0 Å². The van der Waals surface area contributed by atoms with Gasteiger partial charge in [0.15, 0.2) is 0 Å². The zero-order valence-corrected chi connectivity index (χ0v) is 9.53. The lowest BCUT2D eigenvalue weighted by Crippen LogP contribution is -1.81. The van der Waals surface area contributed by atoms with Crippen molar-refractivity contribution < 1.29 is 0 Å². The van der Waals surface area contributed by atoms with Crippen molar-refractivity contribution in [3.05, 3.63) is 36.4 Å². The summed E-state index contributed by atoms with van der Waals surface area (Å²) >= 11 is 0. The SMILES string of the molecule is C[C@@H]1CC[C@@H](C)P1.c1ccccc1. The number of benzene rings is 1. The van der Waals surface area contributed by atoms with Crippen LogP contribution >= 0.6 is 8.58 Å². The van der Waals surface area contributed by atoms with E-state index in [4.69, 9.17) is 0 Å². The van der Waals surface area contributed by atoms with Gasteiger partial charge in [-0.2, -0.15) is 0 Å². The van der Waals surface area contributed by atoms with E-state index in [-0.39, 0.29) is 0 Å². The van der Waals surface area contributed by atoms with Crippen LogP contribution in [0.1, 0.15) is 26.7 Å². The van der Waals surface area contributed by atoms with Crippen LogP contribution in [-0.4, -0.2) is 11.3 Å². The van der Waals surface area contributed by atoms with Gasteiger partial charge < -0.3 is 0 Å². The predicted molar refractivity (Wildman–Crippen MR) is 62.9 cm³/mol. The number of hydrogen-bond acceptors (Lipinski definition) is 0. The highest BCUT2D eigenvalue weighted by atomic mass is 31.1. The van der Waals surface area contributed by atoms with Gasteiger partial charge in [-0.15, -0.1) is 8.58 Å². The van der Waals surface area contributed by atoms with E-state index in [1.165, 1.54) is 21.4 Å². The molecule has 0 nitrogen and oxygen atoms in total. The quantitative estimate of drug-likeness (QED) is 0.549. The second-order valence-electron chi connectivity index (χ2n) is 3.70. The third-order valence-corrected chi connectivity index (χ3v) is 3.98. The highest BCUT2D eigenvalue weighted by Crippen LogP contribution is 2.38. The van der Waals surface area contributed by atoms with Gasteiger partial charge in [0.05, 0.1) is 0 Å². The van der Waals surface area contributed by atoms with E-state index in [1.807, 2.05) is 36.4 Å². The van der Waals surface area contributed by atoms with Crippen molar-refractivity contribution in [3.63, 3.8) is 0 Å². The van der Waals surface area contributed by atoms with Gasteiger partial charge in [-0.3, -0.25) is 0 Å². The average Bonchev–Trinajstić information content (AvgIpc) is 2.54. The standard InChI is InChI=1S/C6H13P.C6H6/c1-5-3-4-6(2)7-5;1-2-4-6-5-3-1/h5-7H,3-4H2,1-2H3;1-6H/t5-,6-;/m1./s1. The number of rotatable bonds is 0. The summed E-state index contributed by atoms with van der Waals surface area (Å²) in [4.78, 5) is 0. The number of hydrogen-bond donors (Lipinski definition) is 0. The molecular weight excluding hydrogens is 175 g/mol. The first-order valence-corrected chi connectivity index (χ1v) is 6.20. The van der Waals surface area contributed by atoms with E-state index in [0.717, 1.165) is 11.3 Å².